The summed E-state index contributed by atoms with van der Waals surface area (Å²) in [4.78, 5) is 12.2. The number of carbonyl (C=O) groups is 1. The van der Waals surface area contributed by atoms with Crippen molar-refractivity contribution in [3.8, 4) is 11.5 Å². The molecule has 146 valence electrons. The molecule has 2 aliphatic rings. The molecule has 0 bridgehead atoms. The summed E-state index contributed by atoms with van der Waals surface area (Å²) in [6.07, 6.45) is 5.48. The molecule has 4 rings (SSSR count). The second-order valence-electron chi connectivity index (χ2n) is 7.11. The molecule has 1 aliphatic carbocycles. The minimum absolute atomic E-state index is 0.153. The highest BCUT2D eigenvalue weighted by Crippen LogP contribution is 2.50. The van der Waals surface area contributed by atoms with Gasteiger partial charge in [0, 0.05) is 11.6 Å². The van der Waals surface area contributed by atoms with Crippen molar-refractivity contribution >= 4 is 11.7 Å². The Labute approximate surface area is 165 Å². The van der Waals surface area contributed by atoms with Crippen molar-refractivity contribution < 1.29 is 19.0 Å². The number of ether oxygens (including phenoxy) is 3. The summed E-state index contributed by atoms with van der Waals surface area (Å²) >= 11 is 0. The minimum atomic E-state index is -0.272. The summed E-state index contributed by atoms with van der Waals surface area (Å²) in [7, 11) is 3.30. The number of carbonyl (C=O) groups excluding carboxylic acids is 1. The number of hydrogen-bond acceptors (Lipinski definition) is 5. The Morgan fingerprint density at radius 3 is 2.68 bits per heavy atom. The number of hydrogen-bond donors (Lipinski definition) is 1. The van der Waals surface area contributed by atoms with E-state index in [0.717, 1.165) is 34.7 Å². The molecule has 2 aromatic carbocycles. The van der Waals surface area contributed by atoms with E-state index in [0.29, 0.717) is 18.1 Å². The molecule has 1 N–H and O–H groups in total. The lowest BCUT2D eigenvalue weighted by atomic mass is 9.76. The van der Waals surface area contributed by atoms with E-state index in [1.165, 1.54) is 0 Å². The molecule has 0 saturated heterocycles. The third-order valence-corrected chi connectivity index (χ3v) is 5.64. The van der Waals surface area contributed by atoms with Crippen LogP contribution in [0.25, 0.3) is 0 Å². The molecule has 1 heterocycles. The maximum Gasteiger partial charge on any atom is 0.338 e. The molecule has 28 heavy (non-hydrogen) atoms. The zero-order chi connectivity index (χ0) is 19.7. The van der Waals surface area contributed by atoms with Crippen LogP contribution in [0.4, 0.5) is 5.69 Å². The highest BCUT2D eigenvalue weighted by Gasteiger charge is 2.38. The number of fused-ring (bicyclic) bond motifs is 3. The molecule has 3 atom stereocenters. The summed E-state index contributed by atoms with van der Waals surface area (Å²) < 4.78 is 16.0. The Hall–Kier alpha value is -2.95. The van der Waals surface area contributed by atoms with Crippen LogP contribution in [0, 0.1) is 5.92 Å². The van der Waals surface area contributed by atoms with E-state index in [2.05, 4.69) is 23.5 Å². The first-order valence-corrected chi connectivity index (χ1v) is 9.62. The molecular formula is C23H25NO4. The van der Waals surface area contributed by atoms with E-state index in [9.17, 15) is 4.79 Å². The number of allylic oxidation sites excluding steroid dienone is 2. The topological polar surface area (TPSA) is 56.8 Å². The van der Waals surface area contributed by atoms with Crippen molar-refractivity contribution in [2.45, 2.75) is 25.3 Å². The molecule has 0 amide bonds. The summed E-state index contributed by atoms with van der Waals surface area (Å²) in [5, 5.41) is 3.68. The standard InChI is InChI=1S/C23H25NO4/c1-4-28-23(25)15-8-10-19-18(12-15)16-6-5-7-17(16)22(24-19)14-9-11-20(26-2)21(13-14)27-3/h5-6,8-13,16-17,22,24H,4,7H2,1-3H3/t16-,17+,22+/m1/s1. The van der Waals surface area contributed by atoms with E-state index in [-0.39, 0.29) is 17.9 Å². The van der Waals surface area contributed by atoms with Gasteiger partial charge >= 0.3 is 5.97 Å². The first-order valence-electron chi connectivity index (χ1n) is 9.62. The fourth-order valence-corrected chi connectivity index (χ4v) is 4.31. The normalized spacial score (nSPS) is 22.0. The van der Waals surface area contributed by atoms with Crippen molar-refractivity contribution in [2.75, 3.05) is 26.1 Å². The molecular weight excluding hydrogens is 354 g/mol. The van der Waals surface area contributed by atoms with Gasteiger partial charge in [-0.2, -0.15) is 0 Å². The van der Waals surface area contributed by atoms with Crippen LogP contribution in [0.5, 0.6) is 11.5 Å². The van der Waals surface area contributed by atoms with Gasteiger partial charge < -0.3 is 19.5 Å². The van der Waals surface area contributed by atoms with E-state index < -0.39 is 0 Å². The number of anilines is 1. The Kier molecular flexibility index (Phi) is 4.99. The average Bonchev–Trinajstić information content (AvgIpc) is 3.22. The Balaban J connectivity index is 1.70. The predicted molar refractivity (Wildman–Crippen MR) is 108 cm³/mol. The van der Waals surface area contributed by atoms with Crippen molar-refractivity contribution in [3.05, 3.63) is 65.2 Å². The maximum absolute atomic E-state index is 12.2. The second-order valence-corrected chi connectivity index (χ2v) is 7.11. The Morgan fingerprint density at radius 2 is 1.93 bits per heavy atom. The molecule has 0 saturated carbocycles. The molecule has 1 aliphatic heterocycles. The van der Waals surface area contributed by atoms with Crippen molar-refractivity contribution in [1.29, 1.82) is 0 Å². The van der Waals surface area contributed by atoms with Crippen LogP contribution >= 0.6 is 0 Å². The monoisotopic (exact) mass is 379 g/mol. The number of rotatable bonds is 5. The minimum Gasteiger partial charge on any atom is -0.493 e. The van der Waals surface area contributed by atoms with Crippen LogP contribution in [0.3, 0.4) is 0 Å². The third-order valence-electron chi connectivity index (χ3n) is 5.64. The van der Waals surface area contributed by atoms with Gasteiger partial charge in [-0.3, -0.25) is 0 Å². The Bertz CT molecular complexity index is 921. The van der Waals surface area contributed by atoms with Crippen LogP contribution in [-0.4, -0.2) is 26.8 Å². The first kappa shape index (κ1) is 18.4. The van der Waals surface area contributed by atoms with Gasteiger partial charge in [-0.05, 0) is 60.7 Å². The van der Waals surface area contributed by atoms with Gasteiger partial charge in [-0.15, -0.1) is 0 Å². The summed E-state index contributed by atoms with van der Waals surface area (Å²) in [5.74, 6) is 1.83. The lowest BCUT2D eigenvalue weighted by Crippen LogP contribution is -2.29. The van der Waals surface area contributed by atoms with Gasteiger partial charge in [-0.25, -0.2) is 4.79 Å². The van der Waals surface area contributed by atoms with E-state index in [1.807, 2.05) is 37.3 Å². The SMILES string of the molecule is CCOC(=O)c1ccc2c(c1)[C@@H]1C=CC[C@@H]1[C@H](c1ccc(OC)c(OC)c1)N2. The molecule has 0 radical (unpaired) electrons. The molecule has 0 spiro atoms. The summed E-state index contributed by atoms with van der Waals surface area (Å²) in [6.45, 7) is 2.20. The highest BCUT2D eigenvalue weighted by atomic mass is 16.5. The molecule has 0 aromatic heterocycles. The van der Waals surface area contributed by atoms with Crippen molar-refractivity contribution in [3.63, 3.8) is 0 Å². The molecule has 5 nitrogen and oxygen atoms in total. The van der Waals surface area contributed by atoms with Gasteiger partial charge in [0.15, 0.2) is 11.5 Å². The van der Waals surface area contributed by atoms with E-state index in [1.54, 1.807) is 14.2 Å². The van der Waals surface area contributed by atoms with Gasteiger partial charge in [-0.1, -0.05) is 18.2 Å². The smallest absolute Gasteiger partial charge is 0.338 e. The molecule has 2 aromatic rings. The lowest BCUT2D eigenvalue weighted by Gasteiger charge is -2.37. The summed E-state index contributed by atoms with van der Waals surface area (Å²) in [6, 6.07) is 12.0. The second kappa shape index (κ2) is 7.58. The first-order chi connectivity index (χ1) is 13.7. The van der Waals surface area contributed by atoms with Gasteiger partial charge in [0.25, 0.3) is 0 Å². The third kappa shape index (κ3) is 3.11. The Morgan fingerprint density at radius 1 is 1.11 bits per heavy atom. The van der Waals surface area contributed by atoms with E-state index >= 15 is 0 Å². The van der Waals surface area contributed by atoms with Gasteiger partial charge in [0.2, 0.25) is 0 Å². The van der Waals surface area contributed by atoms with E-state index in [4.69, 9.17) is 14.2 Å². The number of nitrogens with one attached hydrogen (secondary N) is 1. The average molecular weight is 379 g/mol. The van der Waals surface area contributed by atoms with Crippen LogP contribution in [0.2, 0.25) is 0 Å². The maximum atomic E-state index is 12.2. The number of esters is 1. The van der Waals surface area contributed by atoms with Crippen LogP contribution < -0.4 is 14.8 Å². The zero-order valence-corrected chi connectivity index (χ0v) is 16.4. The fraction of sp³-hybridized carbons (Fsp3) is 0.348. The van der Waals surface area contributed by atoms with Crippen LogP contribution in [0.1, 0.15) is 46.8 Å². The fourth-order valence-electron chi connectivity index (χ4n) is 4.31. The van der Waals surface area contributed by atoms with Crippen LogP contribution in [-0.2, 0) is 4.74 Å². The highest BCUT2D eigenvalue weighted by molar-refractivity contribution is 5.90. The van der Waals surface area contributed by atoms with Crippen LogP contribution in [0.15, 0.2) is 48.6 Å². The molecule has 0 unspecified atom stereocenters. The quantitative estimate of drug-likeness (QED) is 0.602. The number of benzene rings is 2. The molecule has 0 fully saturated rings. The lowest BCUT2D eigenvalue weighted by molar-refractivity contribution is 0.0526. The van der Waals surface area contributed by atoms with Gasteiger partial charge in [0.05, 0.1) is 32.4 Å². The summed E-state index contributed by atoms with van der Waals surface area (Å²) in [5.41, 5.74) is 3.98. The predicted octanol–water partition coefficient (Wildman–Crippen LogP) is 4.71. The van der Waals surface area contributed by atoms with Gasteiger partial charge in [0.1, 0.15) is 0 Å². The zero-order valence-electron chi connectivity index (χ0n) is 16.4. The van der Waals surface area contributed by atoms with Crippen molar-refractivity contribution in [2.24, 2.45) is 5.92 Å². The molecule has 5 heteroatoms. The van der Waals surface area contributed by atoms with Crippen molar-refractivity contribution in [1.82, 2.24) is 0 Å². The number of methoxy groups -OCH3 is 2. The largest absolute Gasteiger partial charge is 0.493 e.